The van der Waals surface area contributed by atoms with Crippen molar-refractivity contribution in [2.24, 2.45) is 5.73 Å². The van der Waals surface area contributed by atoms with E-state index in [1.54, 1.807) is 11.9 Å². The van der Waals surface area contributed by atoms with E-state index in [0.29, 0.717) is 13.1 Å². The van der Waals surface area contributed by atoms with Crippen LogP contribution >= 0.6 is 0 Å². The van der Waals surface area contributed by atoms with Crippen molar-refractivity contribution in [2.75, 3.05) is 20.8 Å². The number of benzene rings is 1. The van der Waals surface area contributed by atoms with Gasteiger partial charge in [-0.15, -0.1) is 0 Å². The summed E-state index contributed by atoms with van der Waals surface area (Å²) in [6.07, 6.45) is 0. The van der Waals surface area contributed by atoms with Gasteiger partial charge < -0.3 is 15.4 Å². The quantitative estimate of drug-likeness (QED) is 0.800. The maximum atomic E-state index is 11.5. The van der Waals surface area contributed by atoms with Gasteiger partial charge in [0.1, 0.15) is 6.61 Å². The normalized spacial score (nSPS) is 10.2. The van der Waals surface area contributed by atoms with E-state index >= 15 is 0 Å². The topological polar surface area (TPSA) is 55.6 Å². The molecule has 0 aliphatic rings. The SMILES string of the molecule is COCC(=O)N(C)Cc1ccc(CN)cc1. The van der Waals surface area contributed by atoms with Crippen molar-refractivity contribution < 1.29 is 9.53 Å². The first kappa shape index (κ1) is 12.7. The molecule has 1 rings (SSSR count). The number of nitrogens with zero attached hydrogens (tertiary/aromatic N) is 1. The molecule has 0 spiro atoms. The average molecular weight is 222 g/mol. The van der Waals surface area contributed by atoms with Crippen molar-refractivity contribution in [3.05, 3.63) is 35.4 Å². The minimum absolute atomic E-state index is 0.0228. The number of carbonyl (C=O) groups excluding carboxylic acids is 1. The van der Waals surface area contributed by atoms with E-state index in [4.69, 9.17) is 10.5 Å². The number of rotatable bonds is 5. The number of likely N-dealkylation sites (N-methyl/N-ethyl adjacent to an activating group) is 1. The van der Waals surface area contributed by atoms with Gasteiger partial charge in [-0.25, -0.2) is 0 Å². The van der Waals surface area contributed by atoms with Crippen molar-refractivity contribution >= 4 is 5.91 Å². The molecule has 0 unspecified atom stereocenters. The molecule has 1 aromatic rings. The molecule has 4 nitrogen and oxygen atoms in total. The molecule has 0 aliphatic heterocycles. The van der Waals surface area contributed by atoms with Crippen LogP contribution in [0.5, 0.6) is 0 Å². The second kappa shape index (κ2) is 6.25. The molecule has 0 radical (unpaired) electrons. The van der Waals surface area contributed by atoms with Gasteiger partial charge in [-0.05, 0) is 11.1 Å². The summed E-state index contributed by atoms with van der Waals surface area (Å²) in [7, 11) is 3.28. The van der Waals surface area contributed by atoms with E-state index in [-0.39, 0.29) is 12.5 Å². The molecule has 1 amide bonds. The fourth-order valence-electron chi connectivity index (χ4n) is 1.38. The third kappa shape index (κ3) is 3.64. The lowest BCUT2D eigenvalue weighted by molar-refractivity contribution is -0.134. The smallest absolute Gasteiger partial charge is 0.248 e. The van der Waals surface area contributed by atoms with Crippen molar-refractivity contribution in [3.8, 4) is 0 Å². The van der Waals surface area contributed by atoms with Crippen LogP contribution in [0.3, 0.4) is 0 Å². The van der Waals surface area contributed by atoms with Gasteiger partial charge in [0.05, 0.1) is 0 Å². The number of methoxy groups -OCH3 is 1. The molecule has 1 aromatic carbocycles. The standard InChI is InChI=1S/C12H18N2O2/c1-14(12(15)9-16-2)8-11-5-3-10(7-13)4-6-11/h3-6H,7-9,13H2,1-2H3. The molecule has 0 atom stereocenters. The van der Waals surface area contributed by atoms with Gasteiger partial charge in [-0.1, -0.05) is 24.3 Å². The predicted molar refractivity (Wildman–Crippen MR) is 62.7 cm³/mol. The van der Waals surface area contributed by atoms with Crippen LogP contribution in [0.4, 0.5) is 0 Å². The molecule has 88 valence electrons. The molecule has 0 heterocycles. The molecule has 4 heteroatoms. The van der Waals surface area contributed by atoms with Crippen molar-refractivity contribution in [3.63, 3.8) is 0 Å². The molecule has 0 saturated carbocycles. The highest BCUT2D eigenvalue weighted by molar-refractivity contribution is 5.77. The number of nitrogens with two attached hydrogens (primary N) is 1. The van der Waals surface area contributed by atoms with E-state index < -0.39 is 0 Å². The minimum Gasteiger partial charge on any atom is -0.375 e. The molecule has 0 saturated heterocycles. The molecule has 0 fully saturated rings. The first-order valence-corrected chi connectivity index (χ1v) is 5.18. The van der Waals surface area contributed by atoms with Crippen LogP contribution in [0.2, 0.25) is 0 Å². The highest BCUT2D eigenvalue weighted by Gasteiger charge is 2.08. The van der Waals surface area contributed by atoms with Gasteiger partial charge in [-0.3, -0.25) is 4.79 Å². The summed E-state index contributed by atoms with van der Waals surface area (Å²) in [5, 5.41) is 0. The number of carbonyl (C=O) groups is 1. The fraction of sp³-hybridized carbons (Fsp3) is 0.417. The Labute approximate surface area is 96.0 Å². The summed E-state index contributed by atoms with van der Waals surface area (Å²) >= 11 is 0. The van der Waals surface area contributed by atoms with Crippen LogP contribution in [0, 0.1) is 0 Å². The van der Waals surface area contributed by atoms with E-state index in [9.17, 15) is 4.79 Å². The molecule has 16 heavy (non-hydrogen) atoms. The highest BCUT2D eigenvalue weighted by atomic mass is 16.5. The first-order valence-electron chi connectivity index (χ1n) is 5.18. The Morgan fingerprint density at radius 1 is 1.31 bits per heavy atom. The van der Waals surface area contributed by atoms with Gasteiger partial charge in [-0.2, -0.15) is 0 Å². The Morgan fingerprint density at radius 2 is 1.88 bits per heavy atom. The molecule has 0 aliphatic carbocycles. The Bertz CT molecular complexity index is 335. The van der Waals surface area contributed by atoms with Crippen molar-refractivity contribution in [1.29, 1.82) is 0 Å². The average Bonchev–Trinajstić information content (AvgIpc) is 2.30. The summed E-state index contributed by atoms with van der Waals surface area (Å²) in [6, 6.07) is 7.92. The van der Waals surface area contributed by atoms with E-state index in [1.807, 2.05) is 24.3 Å². The summed E-state index contributed by atoms with van der Waals surface area (Å²) in [5.41, 5.74) is 7.69. The maximum Gasteiger partial charge on any atom is 0.248 e. The minimum atomic E-state index is -0.0228. The number of hydrogen-bond acceptors (Lipinski definition) is 3. The number of ether oxygens (including phenoxy) is 1. The van der Waals surface area contributed by atoms with Crippen LogP contribution < -0.4 is 5.73 Å². The Balaban J connectivity index is 2.55. The van der Waals surface area contributed by atoms with Gasteiger partial charge in [0.25, 0.3) is 0 Å². The number of amides is 1. The molecular weight excluding hydrogens is 204 g/mol. The monoisotopic (exact) mass is 222 g/mol. The van der Waals surface area contributed by atoms with Crippen LogP contribution in [0.15, 0.2) is 24.3 Å². The van der Waals surface area contributed by atoms with Crippen LogP contribution in [0.25, 0.3) is 0 Å². The predicted octanol–water partition coefficient (Wildman–Crippen LogP) is 0.750. The lowest BCUT2D eigenvalue weighted by atomic mass is 10.1. The van der Waals surface area contributed by atoms with Crippen molar-refractivity contribution in [2.45, 2.75) is 13.1 Å². The highest BCUT2D eigenvalue weighted by Crippen LogP contribution is 2.06. The van der Waals surface area contributed by atoms with Gasteiger partial charge >= 0.3 is 0 Å². The summed E-state index contributed by atoms with van der Waals surface area (Å²) in [5.74, 6) is -0.0228. The zero-order chi connectivity index (χ0) is 12.0. The van der Waals surface area contributed by atoms with E-state index in [0.717, 1.165) is 11.1 Å². The molecule has 0 aromatic heterocycles. The van der Waals surface area contributed by atoms with Gasteiger partial charge in [0.15, 0.2) is 0 Å². The Hall–Kier alpha value is -1.39. The lowest BCUT2D eigenvalue weighted by Crippen LogP contribution is -2.29. The fourth-order valence-corrected chi connectivity index (χ4v) is 1.38. The van der Waals surface area contributed by atoms with Gasteiger partial charge in [0.2, 0.25) is 5.91 Å². The molecule has 0 bridgehead atoms. The third-order valence-electron chi connectivity index (χ3n) is 2.37. The van der Waals surface area contributed by atoms with E-state index in [2.05, 4.69) is 0 Å². The van der Waals surface area contributed by atoms with Gasteiger partial charge in [0, 0.05) is 27.2 Å². The molecule has 2 N–H and O–H groups in total. The summed E-state index contributed by atoms with van der Waals surface area (Å²) < 4.78 is 4.79. The number of hydrogen-bond donors (Lipinski definition) is 1. The third-order valence-corrected chi connectivity index (χ3v) is 2.37. The summed E-state index contributed by atoms with van der Waals surface area (Å²) in [6.45, 7) is 1.25. The second-order valence-electron chi connectivity index (χ2n) is 3.70. The van der Waals surface area contributed by atoms with Crippen LogP contribution in [-0.4, -0.2) is 31.6 Å². The largest absolute Gasteiger partial charge is 0.375 e. The molecular formula is C12H18N2O2. The first-order chi connectivity index (χ1) is 7.67. The summed E-state index contributed by atoms with van der Waals surface area (Å²) in [4.78, 5) is 13.1. The second-order valence-corrected chi connectivity index (χ2v) is 3.70. The van der Waals surface area contributed by atoms with Crippen molar-refractivity contribution in [1.82, 2.24) is 4.90 Å². The Morgan fingerprint density at radius 3 is 2.38 bits per heavy atom. The van der Waals surface area contributed by atoms with E-state index in [1.165, 1.54) is 7.11 Å². The zero-order valence-electron chi connectivity index (χ0n) is 9.77. The lowest BCUT2D eigenvalue weighted by Gasteiger charge is -2.16. The van der Waals surface area contributed by atoms with Crippen LogP contribution in [-0.2, 0) is 22.6 Å². The van der Waals surface area contributed by atoms with Crippen LogP contribution in [0.1, 0.15) is 11.1 Å². The zero-order valence-corrected chi connectivity index (χ0v) is 9.77. The maximum absolute atomic E-state index is 11.5. The Kier molecular flexibility index (Phi) is 4.95.